The van der Waals surface area contributed by atoms with Crippen LogP contribution in [0.1, 0.15) is 18.4 Å². The van der Waals surface area contributed by atoms with Gasteiger partial charge in [0.15, 0.2) is 0 Å². The Bertz CT molecular complexity index is 1180. The van der Waals surface area contributed by atoms with E-state index in [1.54, 1.807) is 11.9 Å². The highest BCUT2D eigenvalue weighted by molar-refractivity contribution is 7.97. The third-order valence-corrected chi connectivity index (χ3v) is 7.81. The number of anilines is 1. The Balaban J connectivity index is 1.18. The molecule has 0 amide bonds. The summed E-state index contributed by atoms with van der Waals surface area (Å²) in [5.41, 5.74) is 7.75. The van der Waals surface area contributed by atoms with E-state index in [2.05, 4.69) is 51.1 Å². The SMILES string of the molecule is O=C(O)C1CCN(CCCOc2cccc(-c3cccc(NN4Cc5ccccc5S4)c3)c2Cl)C1. The van der Waals surface area contributed by atoms with E-state index in [9.17, 15) is 4.79 Å². The number of aliphatic carboxylic acids is 1. The van der Waals surface area contributed by atoms with Crippen molar-refractivity contribution in [2.24, 2.45) is 5.92 Å². The number of hydrogen-bond donors (Lipinski definition) is 2. The molecule has 35 heavy (non-hydrogen) atoms. The highest BCUT2D eigenvalue weighted by Gasteiger charge is 2.27. The van der Waals surface area contributed by atoms with Crippen LogP contribution >= 0.6 is 23.5 Å². The van der Waals surface area contributed by atoms with Gasteiger partial charge in [-0.05, 0) is 66.7 Å². The summed E-state index contributed by atoms with van der Waals surface area (Å²) in [6.07, 6.45) is 1.55. The van der Waals surface area contributed by atoms with E-state index in [1.807, 2.05) is 30.3 Å². The summed E-state index contributed by atoms with van der Waals surface area (Å²) in [5, 5.41) is 9.75. The Morgan fingerprint density at radius 2 is 2.00 bits per heavy atom. The summed E-state index contributed by atoms with van der Waals surface area (Å²) in [4.78, 5) is 14.6. The lowest BCUT2D eigenvalue weighted by Gasteiger charge is -2.18. The van der Waals surface area contributed by atoms with E-state index < -0.39 is 5.97 Å². The lowest BCUT2D eigenvalue weighted by molar-refractivity contribution is -0.141. The zero-order valence-electron chi connectivity index (χ0n) is 19.3. The van der Waals surface area contributed by atoms with Crippen molar-refractivity contribution >= 4 is 35.2 Å². The number of nitrogens with one attached hydrogen (secondary N) is 1. The number of carboxylic acids is 1. The largest absolute Gasteiger partial charge is 0.492 e. The van der Waals surface area contributed by atoms with Crippen molar-refractivity contribution in [3.05, 3.63) is 77.3 Å². The number of likely N-dealkylation sites (tertiary alicyclic amines) is 1. The van der Waals surface area contributed by atoms with Crippen molar-refractivity contribution in [1.29, 1.82) is 0 Å². The first kappa shape index (κ1) is 24.0. The number of nitrogens with zero attached hydrogens (tertiary/aromatic N) is 2. The molecule has 5 rings (SSSR count). The van der Waals surface area contributed by atoms with Gasteiger partial charge in [-0.3, -0.25) is 4.79 Å². The van der Waals surface area contributed by atoms with Crippen LogP contribution in [0.15, 0.2) is 71.6 Å². The van der Waals surface area contributed by atoms with Crippen LogP contribution in [0.25, 0.3) is 11.1 Å². The molecule has 2 heterocycles. The number of rotatable bonds is 9. The van der Waals surface area contributed by atoms with Gasteiger partial charge in [0.1, 0.15) is 5.75 Å². The van der Waals surface area contributed by atoms with E-state index in [0.29, 0.717) is 23.9 Å². The van der Waals surface area contributed by atoms with Crippen LogP contribution in [0, 0.1) is 5.92 Å². The zero-order chi connectivity index (χ0) is 24.2. The molecule has 1 atom stereocenters. The summed E-state index contributed by atoms with van der Waals surface area (Å²) in [5.74, 6) is -0.277. The molecule has 2 aliphatic rings. The van der Waals surface area contributed by atoms with E-state index in [0.717, 1.165) is 49.3 Å². The molecule has 0 spiro atoms. The van der Waals surface area contributed by atoms with E-state index in [4.69, 9.17) is 21.4 Å². The molecule has 3 aromatic carbocycles. The Hall–Kier alpha value is -2.71. The zero-order valence-corrected chi connectivity index (χ0v) is 20.9. The number of halogens is 1. The minimum Gasteiger partial charge on any atom is -0.492 e. The van der Waals surface area contributed by atoms with Crippen LogP contribution in [0.5, 0.6) is 5.75 Å². The minimum absolute atomic E-state index is 0.244. The van der Waals surface area contributed by atoms with Crippen molar-refractivity contribution in [3.63, 3.8) is 0 Å². The molecular weight excluding hydrogens is 482 g/mol. The lowest BCUT2D eigenvalue weighted by atomic mass is 10.0. The van der Waals surface area contributed by atoms with Crippen LogP contribution in [0.3, 0.4) is 0 Å². The van der Waals surface area contributed by atoms with E-state index in [1.165, 1.54) is 10.5 Å². The van der Waals surface area contributed by atoms with Crippen molar-refractivity contribution in [2.75, 3.05) is 31.7 Å². The second-order valence-electron chi connectivity index (χ2n) is 8.87. The van der Waals surface area contributed by atoms with Crippen LogP contribution in [-0.4, -0.2) is 46.6 Å². The fourth-order valence-electron chi connectivity index (χ4n) is 4.54. The third-order valence-electron chi connectivity index (χ3n) is 6.38. The maximum absolute atomic E-state index is 11.1. The van der Waals surface area contributed by atoms with E-state index in [-0.39, 0.29) is 5.92 Å². The highest BCUT2D eigenvalue weighted by atomic mass is 35.5. The van der Waals surface area contributed by atoms with E-state index >= 15 is 0 Å². The second kappa shape index (κ2) is 10.9. The Morgan fingerprint density at radius 3 is 2.83 bits per heavy atom. The maximum atomic E-state index is 11.1. The normalized spacial score (nSPS) is 17.9. The molecule has 6 nitrogen and oxygen atoms in total. The van der Waals surface area contributed by atoms with Gasteiger partial charge >= 0.3 is 5.97 Å². The molecule has 0 bridgehead atoms. The van der Waals surface area contributed by atoms with Crippen molar-refractivity contribution < 1.29 is 14.6 Å². The Labute approximate surface area is 214 Å². The van der Waals surface area contributed by atoms with Crippen molar-refractivity contribution in [1.82, 2.24) is 9.31 Å². The van der Waals surface area contributed by atoms with Gasteiger partial charge in [0.05, 0.1) is 29.8 Å². The predicted molar refractivity (Wildman–Crippen MR) is 141 cm³/mol. The van der Waals surface area contributed by atoms with Gasteiger partial charge < -0.3 is 20.2 Å². The fraction of sp³-hybridized carbons (Fsp3) is 0.296. The smallest absolute Gasteiger partial charge is 0.307 e. The van der Waals surface area contributed by atoms with Gasteiger partial charge in [-0.2, -0.15) is 4.41 Å². The summed E-state index contributed by atoms with van der Waals surface area (Å²) >= 11 is 8.45. The first-order chi connectivity index (χ1) is 17.1. The molecule has 0 radical (unpaired) electrons. The average molecular weight is 510 g/mol. The number of ether oxygens (including phenoxy) is 1. The number of carboxylic acid groups (broad SMARTS) is 1. The topological polar surface area (TPSA) is 65.0 Å². The summed E-state index contributed by atoms with van der Waals surface area (Å²) in [6.45, 7) is 3.65. The molecule has 0 aliphatic carbocycles. The van der Waals surface area contributed by atoms with Gasteiger partial charge in [-0.25, -0.2) is 0 Å². The second-order valence-corrected chi connectivity index (χ2v) is 10.3. The molecular formula is C27H28ClN3O3S. The van der Waals surface area contributed by atoms with Gasteiger partial charge in [0, 0.05) is 23.5 Å². The van der Waals surface area contributed by atoms with Crippen LogP contribution in [0.4, 0.5) is 5.69 Å². The van der Waals surface area contributed by atoms with Gasteiger partial charge in [-0.1, -0.05) is 54.1 Å². The number of hydrogen-bond acceptors (Lipinski definition) is 6. The Kier molecular flexibility index (Phi) is 7.48. The molecule has 2 aliphatic heterocycles. The minimum atomic E-state index is -0.698. The van der Waals surface area contributed by atoms with Crippen LogP contribution < -0.4 is 10.2 Å². The Morgan fingerprint density at radius 1 is 1.14 bits per heavy atom. The van der Waals surface area contributed by atoms with Gasteiger partial charge in [0.2, 0.25) is 0 Å². The monoisotopic (exact) mass is 509 g/mol. The maximum Gasteiger partial charge on any atom is 0.307 e. The first-order valence-corrected chi connectivity index (χ1v) is 13.0. The van der Waals surface area contributed by atoms with Gasteiger partial charge in [0.25, 0.3) is 0 Å². The summed E-state index contributed by atoms with van der Waals surface area (Å²) in [7, 11) is 0. The summed E-state index contributed by atoms with van der Waals surface area (Å²) < 4.78 is 8.13. The number of fused-ring (bicyclic) bond motifs is 1. The molecule has 1 unspecified atom stereocenters. The molecule has 1 fully saturated rings. The van der Waals surface area contributed by atoms with Crippen LogP contribution in [-0.2, 0) is 11.3 Å². The molecule has 3 aromatic rings. The molecule has 1 saturated heterocycles. The van der Waals surface area contributed by atoms with Gasteiger partial charge in [-0.15, -0.1) is 0 Å². The molecule has 2 N–H and O–H groups in total. The molecule has 0 aromatic heterocycles. The number of carbonyl (C=O) groups is 1. The number of benzene rings is 3. The average Bonchev–Trinajstić information content (AvgIpc) is 3.50. The number of hydrazine groups is 1. The predicted octanol–water partition coefficient (Wildman–Crippen LogP) is 6.03. The third kappa shape index (κ3) is 5.76. The standard InChI is InChI=1S/C27H28ClN3O3S/c28-26-23(9-4-10-24(26)34-15-5-13-30-14-12-21(17-30)27(32)33)19-7-3-8-22(16-19)29-31-18-20-6-1-2-11-25(20)35-31/h1-4,6-11,16,21,29H,5,12-15,17-18H2,(H,32,33). The lowest BCUT2D eigenvalue weighted by Crippen LogP contribution is -2.25. The van der Waals surface area contributed by atoms with Crippen molar-refractivity contribution in [3.8, 4) is 16.9 Å². The molecule has 182 valence electrons. The quantitative estimate of drug-likeness (QED) is 0.269. The summed E-state index contributed by atoms with van der Waals surface area (Å²) in [6, 6.07) is 22.5. The highest BCUT2D eigenvalue weighted by Crippen LogP contribution is 2.38. The molecule has 8 heteroatoms. The fourth-order valence-corrected chi connectivity index (χ4v) is 5.82. The first-order valence-electron chi connectivity index (χ1n) is 11.8. The van der Waals surface area contributed by atoms with Crippen LogP contribution in [0.2, 0.25) is 5.02 Å². The molecule has 0 saturated carbocycles. The van der Waals surface area contributed by atoms with Crippen molar-refractivity contribution in [2.45, 2.75) is 24.3 Å².